The Labute approximate surface area is 219 Å². The fraction of sp³-hybridized carbons (Fsp3) is 0.192. The van der Waals surface area contributed by atoms with E-state index in [1.807, 2.05) is 18.2 Å². The first-order chi connectivity index (χ1) is 17.4. The SMILES string of the molecule is O=C1NC(c2ccc(OCCO)cc2)C(=O)N1[C@@H](Cc1ccc(F)cc1)c1nc2cc(I)ccc2[nH]1. The lowest BCUT2D eigenvalue weighted by Crippen LogP contribution is -2.36. The number of amides is 3. The van der Waals surface area contributed by atoms with Crippen molar-refractivity contribution in [1.29, 1.82) is 0 Å². The molecule has 1 saturated heterocycles. The Morgan fingerprint density at radius 3 is 2.56 bits per heavy atom. The summed E-state index contributed by atoms with van der Waals surface area (Å²) in [6, 6.07) is 16.4. The number of carbonyl (C=O) groups is 2. The highest BCUT2D eigenvalue weighted by Gasteiger charge is 2.44. The van der Waals surface area contributed by atoms with Gasteiger partial charge in [-0.05, 0) is 76.2 Å². The number of aromatic amines is 1. The quantitative estimate of drug-likeness (QED) is 0.207. The molecule has 0 saturated carbocycles. The van der Waals surface area contributed by atoms with Crippen LogP contribution >= 0.6 is 22.6 Å². The molecule has 0 radical (unpaired) electrons. The van der Waals surface area contributed by atoms with Gasteiger partial charge in [-0.15, -0.1) is 0 Å². The number of H-pyrrole nitrogens is 1. The Bertz CT molecular complexity index is 1410. The first-order valence-electron chi connectivity index (χ1n) is 11.3. The fourth-order valence-electron chi connectivity index (χ4n) is 4.25. The minimum absolute atomic E-state index is 0.107. The molecule has 4 aromatic rings. The molecule has 3 N–H and O–H groups in total. The highest BCUT2D eigenvalue weighted by Crippen LogP contribution is 2.33. The zero-order valence-electron chi connectivity index (χ0n) is 18.9. The van der Waals surface area contributed by atoms with E-state index in [-0.39, 0.29) is 25.5 Å². The van der Waals surface area contributed by atoms with Crippen molar-refractivity contribution in [3.63, 3.8) is 0 Å². The lowest BCUT2D eigenvalue weighted by atomic mass is 10.0. The van der Waals surface area contributed by atoms with E-state index in [0.717, 1.165) is 20.2 Å². The zero-order chi connectivity index (χ0) is 25.2. The number of ether oxygens (including phenoxy) is 1. The number of urea groups is 1. The smallest absolute Gasteiger partial charge is 0.325 e. The van der Waals surface area contributed by atoms with Crippen LogP contribution in [0, 0.1) is 9.39 Å². The van der Waals surface area contributed by atoms with Gasteiger partial charge in [-0.3, -0.25) is 9.69 Å². The summed E-state index contributed by atoms with van der Waals surface area (Å²) in [5.41, 5.74) is 2.87. The zero-order valence-corrected chi connectivity index (χ0v) is 21.1. The van der Waals surface area contributed by atoms with Crippen LogP contribution in [0.3, 0.4) is 0 Å². The number of nitrogens with one attached hydrogen (secondary N) is 2. The van der Waals surface area contributed by atoms with Gasteiger partial charge in [-0.1, -0.05) is 24.3 Å². The highest BCUT2D eigenvalue weighted by atomic mass is 127. The third-order valence-corrected chi connectivity index (χ3v) is 6.65. The summed E-state index contributed by atoms with van der Waals surface area (Å²) in [6.45, 7) is 0.0537. The minimum Gasteiger partial charge on any atom is -0.491 e. The number of imidazole rings is 1. The van der Waals surface area contributed by atoms with E-state index in [1.54, 1.807) is 36.4 Å². The van der Waals surface area contributed by atoms with E-state index in [4.69, 9.17) is 14.8 Å². The van der Waals surface area contributed by atoms with Crippen LogP contribution in [0.1, 0.15) is 29.0 Å². The summed E-state index contributed by atoms with van der Waals surface area (Å²) >= 11 is 2.20. The van der Waals surface area contributed by atoms with Crippen molar-refractivity contribution >= 4 is 45.6 Å². The molecule has 0 spiro atoms. The second kappa shape index (κ2) is 10.2. The van der Waals surface area contributed by atoms with Crippen molar-refractivity contribution < 1.29 is 23.8 Å². The Morgan fingerprint density at radius 1 is 1.08 bits per heavy atom. The molecule has 36 heavy (non-hydrogen) atoms. The van der Waals surface area contributed by atoms with Crippen LogP contribution in [0.15, 0.2) is 66.7 Å². The summed E-state index contributed by atoms with van der Waals surface area (Å²) in [5.74, 6) is 0.238. The number of aliphatic hydroxyl groups is 1. The van der Waals surface area contributed by atoms with Gasteiger partial charge >= 0.3 is 6.03 Å². The van der Waals surface area contributed by atoms with E-state index >= 15 is 0 Å². The van der Waals surface area contributed by atoms with Crippen LogP contribution in [0.5, 0.6) is 5.75 Å². The normalized spacial score (nSPS) is 16.4. The monoisotopic (exact) mass is 600 g/mol. The highest BCUT2D eigenvalue weighted by molar-refractivity contribution is 14.1. The van der Waals surface area contributed by atoms with Crippen LogP contribution in [0.25, 0.3) is 11.0 Å². The van der Waals surface area contributed by atoms with Gasteiger partial charge in [0, 0.05) is 9.99 Å². The maximum Gasteiger partial charge on any atom is 0.325 e. The molecule has 1 aliphatic rings. The van der Waals surface area contributed by atoms with Crippen molar-refractivity contribution in [3.05, 3.63) is 93.1 Å². The molecule has 10 heteroatoms. The lowest BCUT2D eigenvalue weighted by molar-refractivity contribution is -0.129. The number of rotatable bonds is 8. The van der Waals surface area contributed by atoms with Gasteiger partial charge in [0.15, 0.2) is 0 Å². The molecule has 2 atom stereocenters. The number of benzene rings is 3. The topological polar surface area (TPSA) is 108 Å². The Hall–Kier alpha value is -3.51. The summed E-state index contributed by atoms with van der Waals surface area (Å²) in [6.07, 6.45) is 0.261. The number of carbonyl (C=O) groups excluding carboxylic acids is 2. The second-order valence-electron chi connectivity index (χ2n) is 8.36. The summed E-state index contributed by atoms with van der Waals surface area (Å²) in [4.78, 5) is 35.9. The standard InChI is InChI=1S/C26H22FIN4O4/c27-17-5-1-15(2-6-17)13-22(24-29-20-10-7-18(28)14-21(20)30-24)32-25(34)23(31-26(32)35)16-3-8-19(9-4-16)36-12-11-33/h1-10,14,22-23,33H,11-13H2,(H,29,30)(H,31,35)/t22-,23?/m0/s1. The van der Waals surface area contributed by atoms with Crippen LogP contribution < -0.4 is 10.1 Å². The largest absolute Gasteiger partial charge is 0.491 e. The molecule has 5 rings (SSSR count). The molecule has 1 unspecified atom stereocenters. The molecule has 1 aromatic heterocycles. The summed E-state index contributed by atoms with van der Waals surface area (Å²) in [5, 5.41) is 11.7. The third kappa shape index (κ3) is 4.91. The van der Waals surface area contributed by atoms with Crippen molar-refractivity contribution in [2.75, 3.05) is 13.2 Å². The first kappa shape index (κ1) is 24.2. The Morgan fingerprint density at radius 2 is 1.83 bits per heavy atom. The van der Waals surface area contributed by atoms with Crippen molar-refractivity contribution in [1.82, 2.24) is 20.2 Å². The average Bonchev–Trinajstić information content (AvgIpc) is 3.42. The van der Waals surface area contributed by atoms with E-state index in [0.29, 0.717) is 17.1 Å². The number of hydrogen-bond acceptors (Lipinski definition) is 5. The van der Waals surface area contributed by atoms with Gasteiger partial charge in [-0.2, -0.15) is 0 Å². The molecule has 3 aromatic carbocycles. The molecule has 0 aliphatic carbocycles. The molecule has 1 fully saturated rings. The van der Waals surface area contributed by atoms with E-state index in [2.05, 4.69) is 32.9 Å². The number of hydrogen-bond donors (Lipinski definition) is 3. The molecular formula is C26H22FIN4O4. The predicted molar refractivity (Wildman–Crippen MR) is 139 cm³/mol. The minimum atomic E-state index is -0.870. The number of imide groups is 1. The van der Waals surface area contributed by atoms with Crippen LogP contribution in [0.4, 0.5) is 9.18 Å². The van der Waals surface area contributed by atoms with Crippen molar-refractivity contribution in [2.24, 2.45) is 0 Å². The average molecular weight is 600 g/mol. The number of fused-ring (bicyclic) bond motifs is 1. The van der Waals surface area contributed by atoms with Gasteiger partial charge in [0.1, 0.15) is 36.1 Å². The number of nitrogens with zero attached hydrogens (tertiary/aromatic N) is 2. The third-order valence-electron chi connectivity index (χ3n) is 5.98. The molecule has 0 bridgehead atoms. The fourth-order valence-corrected chi connectivity index (χ4v) is 4.72. The van der Waals surface area contributed by atoms with Gasteiger partial charge in [0.2, 0.25) is 0 Å². The maximum absolute atomic E-state index is 13.6. The molecular weight excluding hydrogens is 578 g/mol. The van der Waals surface area contributed by atoms with E-state index in [9.17, 15) is 14.0 Å². The number of halogens is 2. The van der Waals surface area contributed by atoms with E-state index in [1.165, 1.54) is 17.0 Å². The van der Waals surface area contributed by atoms with Crippen molar-refractivity contribution in [2.45, 2.75) is 18.5 Å². The maximum atomic E-state index is 13.6. The Balaban J connectivity index is 1.48. The molecule has 8 nitrogen and oxygen atoms in total. The number of aliphatic hydroxyl groups excluding tert-OH is 1. The van der Waals surface area contributed by atoms with Crippen molar-refractivity contribution in [3.8, 4) is 5.75 Å². The lowest BCUT2D eigenvalue weighted by Gasteiger charge is -2.24. The first-order valence-corrected chi connectivity index (χ1v) is 12.4. The van der Waals surface area contributed by atoms with Crippen LogP contribution in [0.2, 0.25) is 0 Å². The van der Waals surface area contributed by atoms with E-state index < -0.39 is 24.0 Å². The van der Waals surface area contributed by atoms with Gasteiger partial charge in [-0.25, -0.2) is 14.2 Å². The van der Waals surface area contributed by atoms with Crippen LogP contribution in [-0.4, -0.2) is 45.1 Å². The van der Waals surface area contributed by atoms with Gasteiger partial charge in [0.05, 0.1) is 17.6 Å². The molecule has 1 aliphatic heterocycles. The predicted octanol–water partition coefficient (Wildman–Crippen LogP) is 4.25. The second-order valence-corrected chi connectivity index (χ2v) is 9.61. The Kier molecular flexibility index (Phi) is 6.88. The summed E-state index contributed by atoms with van der Waals surface area (Å²) in [7, 11) is 0. The van der Waals surface area contributed by atoms with Gasteiger partial charge in [0.25, 0.3) is 5.91 Å². The molecule has 184 valence electrons. The van der Waals surface area contributed by atoms with Crippen LogP contribution in [-0.2, 0) is 11.2 Å². The number of aromatic nitrogens is 2. The molecule has 3 amide bonds. The van der Waals surface area contributed by atoms with Gasteiger partial charge < -0.3 is 20.1 Å². The summed E-state index contributed by atoms with van der Waals surface area (Å²) < 4.78 is 19.9. The molecule has 2 heterocycles.